The third-order valence-electron chi connectivity index (χ3n) is 2.13. The predicted molar refractivity (Wildman–Crippen MR) is 75.6 cm³/mol. The smallest absolute Gasteiger partial charge is 0.210 e. The molecule has 0 saturated carbocycles. The van der Waals surface area contributed by atoms with Crippen LogP contribution in [0.1, 0.15) is 9.67 Å². The number of benzene rings is 1. The number of Topliss-reactive ketones (excluding diaryl/α,β-unsaturated/α-hetero) is 1. The molecule has 0 bridgehead atoms. The van der Waals surface area contributed by atoms with Gasteiger partial charge in [-0.25, -0.2) is 0 Å². The molecule has 0 fully saturated rings. The van der Waals surface area contributed by atoms with Crippen LogP contribution in [-0.4, -0.2) is 12.4 Å². The van der Waals surface area contributed by atoms with Crippen LogP contribution in [-0.2, 0) is 0 Å². The largest absolute Gasteiger partial charge is 0.484 e. The minimum Gasteiger partial charge on any atom is -0.484 e. The number of rotatable bonds is 4. The summed E-state index contributed by atoms with van der Waals surface area (Å²) < 4.78 is 5.34. The molecular formula is C12H7Cl3O2S. The zero-order valence-electron chi connectivity index (χ0n) is 8.95. The van der Waals surface area contributed by atoms with Gasteiger partial charge in [-0.1, -0.05) is 40.9 Å². The van der Waals surface area contributed by atoms with E-state index in [1.807, 2.05) is 11.4 Å². The van der Waals surface area contributed by atoms with E-state index >= 15 is 0 Å². The summed E-state index contributed by atoms with van der Waals surface area (Å²) in [5, 5.41) is 2.83. The Bertz CT molecular complexity index is 567. The van der Waals surface area contributed by atoms with Crippen molar-refractivity contribution >= 4 is 51.9 Å². The maximum absolute atomic E-state index is 11.7. The molecule has 1 aromatic heterocycles. The van der Waals surface area contributed by atoms with Crippen LogP contribution >= 0.6 is 46.1 Å². The van der Waals surface area contributed by atoms with E-state index in [2.05, 4.69) is 0 Å². The highest BCUT2D eigenvalue weighted by Crippen LogP contribution is 2.33. The molecule has 0 aliphatic rings. The van der Waals surface area contributed by atoms with Crippen molar-refractivity contribution in [3.05, 3.63) is 49.6 Å². The Hall–Kier alpha value is -0.740. The van der Waals surface area contributed by atoms with Crippen LogP contribution in [0.25, 0.3) is 0 Å². The van der Waals surface area contributed by atoms with Gasteiger partial charge in [0.2, 0.25) is 5.78 Å². The molecule has 0 amide bonds. The highest BCUT2D eigenvalue weighted by molar-refractivity contribution is 7.12. The number of halogens is 3. The lowest BCUT2D eigenvalue weighted by atomic mass is 10.3. The summed E-state index contributed by atoms with van der Waals surface area (Å²) in [5.74, 6) is 0.239. The van der Waals surface area contributed by atoms with Crippen molar-refractivity contribution in [3.63, 3.8) is 0 Å². The highest BCUT2D eigenvalue weighted by atomic mass is 35.5. The molecule has 0 saturated heterocycles. The summed E-state index contributed by atoms with van der Waals surface area (Å²) in [6.45, 7) is -0.0851. The van der Waals surface area contributed by atoms with Crippen molar-refractivity contribution in [1.82, 2.24) is 0 Å². The number of hydrogen-bond donors (Lipinski definition) is 0. The fourth-order valence-corrected chi connectivity index (χ4v) is 2.51. The van der Waals surface area contributed by atoms with Crippen LogP contribution in [0.2, 0.25) is 15.1 Å². The number of ether oxygens (including phenoxy) is 1. The van der Waals surface area contributed by atoms with Gasteiger partial charge >= 0.3 is 0 Å². The van der Waals surface area contributed by atoms with Gasteiger partial charge in [-0.2, -0.15) is 0 Å². The van der Waals surface area contributed by atoms with E-state index < -0.39 is 0 Å². The lowest BCUT2D eigenvalue weighted by Gasteiger charge is -2.08. The van der Waals surface area contributed by atoms with Gasteiger partial charge < -0.3 is 4.74 Å². The monoisotopic (exact) mass is 320 g/mol. The summed E-state index contributed by atoms with van der Waals surface area (Å²) >= 11 is 18.9. The second kappa shape index (κ2) is 5.93. The SMILES string of the molecule is O=C(COc1cc(Cl)c(Cl)cc1Cl)c1cccs1. The summed E-state index contributed by atoms with van der Waals surface area (Å²) in [6, 6.07) is 6.53. The third-order valence-corrected chi connectivity index (χ3v) is 4.06. The number of hydrogen-bond acceptors (Lipinski definition) is 3. The Kier molecular flexibility index (Phi) is 4.51. The average Bonchev–Trinajstić information content (AvgIpc) is 2.85. The summed E-state index contributed by atoms with van der Waals surface area (Å²) in [6.07, 6.45) is 0. The number of thiophene rings is 1. The van der Waals surface area contributed by atoms with Crippen LogP contribution in [0.5, 0.6) is 5.75 Å². The molecule has 94 valence electrons. The van der Waals surface area contributed by atoms with Crippen LogP contribution in [0.3, 0.4) is 0 Å². The quantitative estimate of drug-likeness (QED) is 0.587. The molecule has 0 atom stereocenters. The normalized spacial score (nSPS) is 10.4. The van der Waals surface area contributed by atoms with Crippen molar-refractivity contribution in [2.24, 2.45) is 0 Å². The molecule has 18 heavy (non-hydrogen) atoms. The number of carbonyl (C=O) groups excluding carboxylic acids is 1. The van der Waals surface area contributed by atoms with Gasteiger partial charge in [-0.3, -0.25) is 4.79 Å². The maximum Gasteiger partial charge on any atom is 0.210 e. The van der Waals surface area contributed by atoms with Crippen LogP contribution < -0.4 is 4.74 Å². The van der Waals surface area contributed by atoms with Gasteiger partial charge in [-0.05, 0) is 17.5 Å². The van der Waals surface area contributed by atoms with E-state index in [-0.39, 0.29) is 12.4 Å². The molecule has 0 aliphatic heterocycles. The van der Waals surface area contributed by atoms with Crippen molar-refractivity contribution in [1.29, 1.82) is 0 Å². The zero-order valence-corrected chi connectivity index (χ0v) is 12.0. The lowest BCUT2D eigenvalue weighted by molar-refractivity contribution is 0.0925. The molecule has 1 heterocycles. The van der Waals surface area contributed by atoms with Crippen molar-refractivity contribution in [3.8, 4) is 5.75 Å². The molecule has 2 rings (SSSR count). The Labute approximate surface area is 123 Å². The van der Waals surface area contributed by atoms with Gasteiger partial charge in [0.25, 0.3) is 0 Å². The minimum absolute atomic E-state index is 0.0851. The Morgan fingerprint density at radius 2 is 1.89 bits per heavy atom. The van der Waals surface area contributed by atoms with Crippen molar-refractivity contribution < 1.29 is 9.53 Å². The molecule has 6 heteroatoms. The van der Waals surface area contributed by atoms with Crippen LogP contribution in [0.15, 0.2) is 29.6 Å². The van der Waals surface area contributed by atoms with Gasteiger partial charge in [0.1, 0.15) is 5.75 Å². The van der Waals surface area contributed by atoms with E-state index in [9.17, 15) is 4.79 Å². The van der Waals surface area contributed by atoms with Crippen molar-refractivity contribution in [2.75, 3.05) is 6.61 Å². The molecule has 1 aromatic carbocycles. The third kappa shape index (κ3) is 3.18. The Morgan fingerprint density at radius 3 is 2.56 bits per heavy atom. The molecule has 0 N–H and O–H groups in total. The summed E-state index contributed by atoms with van der Waals surface area (Å²) in [4.78, 5) is 12.4. The second-order valence-corrected chi connectivity index (χ2v) is 5.56. The van der Waals surface area contributed by atoms with E-state index in [1.54, 1.807) is 6.07 Å². The fraction of sp³-hybridized carbons (Fsp3) is 0.0833. The minimum atomic E-state index is -0.105. The Morgan fingerprint density at radius 1 is 1.17 bits per heavy atom. The molecule has 2 nitrogen and oxygen atoms in total. The molecule has 0 unspecified atom stereocenters. The van der Waals surface area contributed by atoms with E-state index in [0.29, 0.717) is 25.7 Å². The molecular weight excluding hydrogens is 315 g/mol. The maximum atomic E-state index is 11.7. The first-order valence-electron chi connectivity index (χ1n) is 4.92. The first-order chi connectivity index (χ1) is 8.58. The van der Waals surface area contributed by atoms with Gasteiger partial charge in [0.15, 0.2) is 6.61 Å². The topological polar surface area (TPSA) is 26.3 Å². The van der Waals surface area contributed by atoms with Gasteiger partial charge in [0.05, 0.1) is 19.9 Å². The predicted octanol–water partition coefficient (Wildman–Crippen LogP) is 4.97. The number of ketones is 1. The average molecular weight is 322 g/mol. The van der Waals surface area contributed by atoms with Crippen LogP contribution in [0.4, 0.5) is 0 Å². The molecule has 2 aromatic rings. The molecule has 0 spiro atoms. The summed E-state index contributed by atoms with van der Waals surface area (Å²) in [5.41, 5.74) is 0. The van der Waals surface area contributed by atoms with Gasteiger partial charge in [0, 0.05) is 6.07 Å². The van der Waals surface area contributed by atoms with Crippen LogP contribution in [0, 0.1) is 0 Å². The van der Waals surface area contributed by atoms with E-state index in [1.165, 1.54) is 23.5 Å². The summed E-state index contributed by atoms with van der Waals surface area (Å²) in [7, 11) is 0. The Balaban J connectivity index is 2.07. The zero-order chi connectivity index (χ0) is 13.1. The molecule has 0 aliphatic carbocycles. The highest BCUT2D eigenvalue weighted by Gasteiger charge is 2.11. The van der Waals surface area contributed by atoms with E-state index in [4.69, 9.17) is 39.5 Å². The number of carbonyl (C=O) groups is 1. The first-order valence-corrected chi connectivity index (χ1v) is 6.93. The lowest BCUT2D eigenvalue weighted by Crippen LogP contribution is -2.10. The van der Waals surface area contributed by atoms with Crippen molar-refractivity contribution in [2.45, 2.75) is 0 Å². The fourth-order valence-electron chi connectivity index (χ4n) is 1.27. The van der Waals surface area contributed by atoms with E-state index in [0.717, 1.165) is 0 Å². The van der Waals surface area contributed by atoms with Gasteiger partial charge in [-0.15, -0.1) is 11.3 Å². The standard InChI is InChI=1S/C12H7Cl3O2S/c13-7-4-9(15)11(5-8(7)14)17-6-10(16)12-2-1-3-18-12/h1-5H,6H2. The molecule has 0 radical (unpaired) electrons. The first kappa shape index (κ1) is 13.7. The second-order valence-electron chi connectivity index (χ2n) is 3.39.